The van der Waals surface area contributed by atoms with Gasteiger partial charge in [0.1, 0.15) is 28.8 Å². The second-order valence-corrected chi connectivity index (χ2v) is 5.57. The highest BCUT2D eigenvalue weighted by molar-refractivity contribution is 6.32. The summed E-state index contributed by atoms with van der Waals surface area (Å²) in [5.41, 5.74) is -0.471. The SMILES string of the molecule is O=C(Nc1cnn(COc2ccc(F)cc2Cl)c1)c1c(F)cccc1F. The molecule has 1 aromatic heterocycles. The van der Waals surface area contributed by atoms with Gasteiger partial charge in [0, 0.05) is 0 Å². The highest BCUT2D eigenvalue weighted by Crippen LogP contribution is 2.25. The van der Waals surface area contributed by atoms with E-state index in [9.17, 15) is 18.0 Å². The Morgan fingerprint density at radius 3 is 2.62 bits per heavy atom. The molecule has 0 bridgehead atoms. The lowest BCUT2D eigenvalue weighted by atomic mass is 10.2. The Hall–Kier alpha value is -3.00. The summed E-state index contributed by atoms with van der Waals surface area (Å²) in [6.07, 6.45) is 2.68. The fourth-order valence-corrected chi connectivity index (χ4v) is 2.36. The zero-order valence-corrected chi connectivity index (χ0v) is 13.8. The number of amides is 1. The van der Waals surface area contributed by atoms with Crippen LogP contribution in [0.25, 0.3) is 0 Å². The van der Waals surface area contributed by atoms with E-state index in [1.54, 1.807) is 0 Å². The molecule has 0 atom stereocenters. The molecule has 3 aromatic rings. The molecule has 2 aromatic carbocycles. The first-order valence-electron chi connectivity index (χ1n) is 7.29. The lowest BCUT2D eigenvalue weighted by Crippen LogP contribution is -2.15. The number of nitrogens with one attached hydrogen (secondary N) is 1. The third-order valence-electron chi connectivity index (χ3n) is 3.33. The van der Waals surface area contributed by atoms with Crippen LogP contribution >= 0.6 is 11.6 Å². The van der Waals surface area contributed by atoms with Crippen LogP contribution in [-0.4, -0.2) is 15.7 Å². The van der Waals surface area contributed by atoms with Crippen LogP contribution in [0.5, 0.6) is 5.75 Å². The number of halogens is 4. The minimum atomic E-state index is -0.968. The molecule has 26 heavy (non-hydrogen) atoms. The number of hydrogen-bond acceptors (Lipinski definition) is 3. The first-order valence-corrected chi connectivity index (χ1v) is 7.67. The van der Waals surface area contributed by atoms with Crippen LogP contribution in [0.15, 0.2) is 48.8 Å². The molecule has 0 fully saturated rings. The number of nitrogens with zero attached hydrogens (tertiary/aromatic N) is 2. The van der Waals surface area contributed by atoms with Gasteiger partial charge in [-0.25, -0.2) is 17.9 Å². The molecule has 1 N–H and O–H groups in total. The van der Waals surface area contributed by atoms with Crippen LogP contribution in [0.2, 0.25) is 5.02 Å². The smallest absolute Gasteiger partial charge is 0.261 e. The van der Waals surface area contributed by atoms with Crippen LogP contribution in [0, 0.1) is 17.5 Å². The van der Waals surface area contributed by atoms with Crippen molar-refractivity contribution < 1.29 is 22.7 Å². The molecule has 0 spiro atoms. The molecule has 0 unspecified atom stereocenters. The number of benzene rings is 2. The Balaban J connectivity index is 1.65. The largest absolute Gasteiger partial charge is 0.470 e. The maximum Gasteiger partial charge on any atom is 0.261 e. The minimum Gasteiger partial charge on any atom is -0.470 e. The van der Waals surface area contributed by atoms with Gasteiger partial charge in [0.25, 0.3) is 5.91 Å². The molecule has 3 rings (SSSR count). The summed E-state index contributed by atoms with van der Waals surface area (Å²) < 4.78 is 46.9. The van der Waals surface area contributed by atoms with Gasteiger partial charge in [-0.1, -0.05) is 17.7 Å². The molecule has 0 saturated heterocycles. The zero-order chi connectivity index (χ0) is 18.7. The van der Waals surface area contributed by atoms with Gasteiger partial charge in [-0.2, -0.15) is 5.10 Å². The summed E-state index contributed by atoms with van der Waals surface area (Å²) in [4.78, 5) is 12.0. The third kappa shape index (κ3) is 3.97. The van der Waals surface area contributed by atoms with Gasteiger partial charge in [0.05, 0.1) is 23.1 Å². The maximum absolute atomic E-state index is 13.6. The van der Waals surface area contributed by atoms with Crippen LogP contribution in [0.1, 0.15) is 10.4 Å². The molecular weight excluding hydrogens is 371 g/mol. The second-order valence-electron chi connectivity index (χ2n) is 5.17. The molecule has 1 heterocycles. The van der Waals surface area contributed by atoms with E-state index in [2.05, 4.69) is 10.4 Å². The Kier molecular flexibility index (Phi) is 5.13. The quantitative estimate of drug-likeness (QED) is 0.719. The first-order chi connectivity index (χ1) is 12.4. The van der Waals surface area contributed by atoms with Crippen molar-refractivity contribution in [3.8, 4) is 5.75 Å². The van der Waals surface area contributed by atoms with Crippen molar-refractivity contribution in [2.45, 2.75) is 6.73 Å². The van der Waals surface area contributed by atoms with Crippen LogP contribution in [0.4, 0.5) is 18.9 Å². The number of rotatable bonds is 5. The Bertz CT molecular complexity index is 942. The van der Waals surface area contributed by atoms with Gasteiger partial charge < -0.3 is 10.1 Å². The number of hydrogen-bond donors (Lipinski definition) is 1. The molecule has 1 amide bonds. The molecular formula is C17H11ClF3N3O2. The average Bonchev–Trinajstić information content (AvgIpc) is 3.01. The van der Waals surface area contributed by atoms with E-state index in [1.165, 1.54) is 29.2 Å². The van der Waals surface area contributed by atoms with E-state index in [1.807, 2.05) is 0 Å². The molecule has 0 aliphatic heterocycles. The number of anilines is 1. The fourth-order valence-electron chi connectivity index (χ4n) is 2.14. The monoisotopic (exact) mass is 381 g/mol. The van der Waals surface area contributed by atoms with E-state index in [0.717, 1.165) is 24.3 Å². The zero-order valence-electron chi connectivity index (χ0n) is 13.0. The lowest BCUT2D eigenvalue weighted by Gasteiger charge is -2.08. The van der Waals surface area contributed by atoms with Gasteiger partial charge in [-0.05, 0) is 30.3 Å². The fraction of sp³-hybridized carbons (Fsp3) is 0.0588. The summed E-state index contributed by atoms with van der Waals surface area (Å²) in [5, 5.41) is 6.38. The number of ether oxygens (including phenoxy) is 1. The average molecular weight is 382 g/mol. The van der Waals surface area contributed by atoms with Crippen molar-refractivity contribution in [2.24, 2.45) is 0 Å². The second kappa shape index (κ2) is 7.49. The highest BCUT2D eigenvalue weighted by atomic mass is 35.5. The molecule has 0 radical (unpaired) electrons. The highest BCUT2D eigenvalue weighted by Gasteiger charge is 2.17. The van der Waals surface area contributed by atoms with E-state index >= 15 is 0 Å². The van der Waals surface area contributed by atoms with Crippen molar-refractivity contribution in [3.63, 3.8) is 0 Å². The topological polar surface area (TPSA) is 56.2 Å². The van der Waals surface area contributed by atoms with Crippen LogP contribution in [-0.2, 0) is 6.73 Å². The van der Waals surface area contributed by atoms with Crippen molar-refractivity contribution >= 4 is 23.2 Å². The molecule has 0 saturated carbocycles. The molecule has 5 nitrogen and oxygen atoms in total. The van der Waals surface area contributed by atoms with Gasteiger partial charge >= 0.3 is 0 Å². The maximum atomic E-state index is 13.6. The number of carbonyl (C=O) groups excluding carboxylic acids is 1. The van der Waals surface area contributed by atoms with Crippen molar-refractivity contribution in [1.82, 2.24) is 9.78 Å². The van der Waals surface area contributed by atoms with E-state index in [4.69, 9.17) is 16.3 Å². The van der Waals surface area contributed by atoms with Crippen molar-refractivity contribution in [2.75, 3.05) is 5.32 Å². The predicted molar refractivity (Wildman–Crippen MR) is 88.6 cm³/mol. The third-order valence-corrected chi connectivity index (χ3v) is 3.62. The van der Waals surface area contributed by atoms with Gasteiger partial charge in [0.2, 0.25) is 0 Å². The molecule has 0 aliphatic carbocycles. The van der Waals surface area contributed by atoms with Crippen LogP contribution in [0.3, 0.4) is 0 Å². The lowest BCUT2D eigenvalue weighted by molar-refractivity contribution is 0.101. The first kappa shape index (κ1) is 17.8. The van der Waals surface area contributed by atoms with Crippen molar-refractivity contribution in [1.29, 1.82) is 0 Å². The summed E-state index contributed by atoms with van der Waals surface area (Å²) in [6.45, 7) is -0.0741. The molecule has 134 valence electrons. The molecule has 9 heteroatoms. The van der Waals surface area contributed by atoms with Gasteiger partial charge in [-0.15, -0.1) is 0 Å². The molecule has 0 aliphatic rings. The Labute approximate surface area is 151 Å². The summed E-state index contributed by atoms with van der Waals surface area (Å²) in [7, 11) is 0. The predicted octanol–water partition coefficient (Wildman–Crippen LogP) is 4.24. The summed E-state index contributed by atoms with van der Waals surface area (Å²) in [5.74, 6) is -3.12. The van der Waals surface area contributed by atoms with E-state index in [-0.39, 0.29) is 23.2 Å². The summed E-state index contributed by atoms with van der Waals surface area (Å²) in [6, 6.07) is 6.80. The number of aromatic nitrogens is 2. The van der Waals surface area contributed by atoms with Gasteiger partial charge in [0.15, 0.2) is 6.73 Å². The summed E-state index contributed by atoms with van der Waals surface area (Å²) >= 11 is 5.84. The van der Waals surface area contributed by atoms with E-state index in [0.29, 0.717) is 0 Å². The normalized spacial score (nSPS) is 10.6. The Morgan fingerprint density at radius 2 is 1.92 bits per heavy atom. The standard InChI is InChI=1S/C17H11ClF3N3O2/c18-12-6-10(19)4-5-15(12)26-9-24-8-11(7-22-24)23-17(25)16-13(20)2-1-3-14(16)21/h1-8H,9H2,(H,23,25). The van der Waals surface area contributed by atoms with Gasteiger partial charge in [-0.3, -0.25) is 4.79 Å². The number of carbonyl (C=O) groups is 1. The van der Waals surface area contributed by atoms with Crippen LogP contribution < -0.4 is 10.1 Å². The Morgan fingerprint density at radius 1 is 1.19 bits per heavy atom. The minimum absolute atomic E-state index is 0.0741. The van der Waals surface area contributed by atoms with E-state index < -0.39 is 28.9 Å². The van der Waals surface area contributed by atoms with Crippen molar-refractivity contribution in [3.05, 3.63) is 76.8 Å².